The Kier molecular flexibility index (Phi) is 7.67. The topological polar surface area (TPSA) is 64.4 Å². The molecule has 0 radical (unpaired) electrons. The standard InChI is InChI=1S/C34H34ClN3O3/c1-24(26-12-6-3-7-13-26)37-20-21-38-29(22-34(18-8-9-19-34)27-14-16-28(35)17-15-27)36-32(39)31(30(38)33(37)40)41-23-25-10-4-2-5-11-25/h2-7,10-17,24H,8-9,18-23H2,1H3. The second-order valence-electron chi connectivity index (χ2n) is 11.2. The molecular formula is C34H34ClN3O3. The number of halogens is 1. The zero-order chi connectivity index (χ0) is 28.4. The highest BCUT2D eigenvalue weighted by Gasteiger charge is 2.40. The quantitative estimate of drug-likeness (QED) is 0.236. The molecule has 1 aromatic heterocycles. The molecule has 3 aromatic carbocycles. The van der Waals surface area contributed by atoms with E-state index >= 15 is 0 Å². The van der Waals surface area contributed by atoms with Gasteiger partial charge in [0.25, 0.3) is 5.91 Å². The van der Waals surface area contributed by atoms with Gasteiger partial charge in [0.15, 0.2) is 5.69 Å². The Bertz CT molecular complexity index is 1580. The first kappa shape index (κ1) is 27.3. The molecule has 1 atom stereocenters. The van der Waals surface area contributed by atoms with Gasteiger partial charge in [0.2, 0.25) is 5.75 Å². The first-order valence-corrected chi connectivity index (χ1v) is 14.8. The molecule has 1 aliphatic carbocycles. The lowest BCUT2D eigenvalue weighted by atomic mass is 9.76. The number of hydrogen-bond acceptors (Lipinski definition) is 4. The summed E-state index contributed by atoms with van der Waals surface area (Å²) >= 11 is 6.22. The number of nitrogens with zero attached hydrogens (tertiary/aromatic N) is 3. The van der Waals surface area contributed by atoms with Gasteiger partial charge in [-0.25, -0.2) is 0 Å². The number of rotatable bonds is 8. The third kappa shape index (κ3) is 5.41. The molecule has 1 amide bonds. The van der Waals surface area contributed by atoms with Crippen molar-refractivity contribution in [2.24, 2.45) is 0 Å². The van der Waals surface area contributed by atoms with Crippen LogP contribution in [0.3, 0.4) is 0 Å². The molecule has 1 fully saturated rings. The van der Waals surface area contributed by atoms with Gasteiger partial charge in [-0.3, -0.25) is 9.59 Å². The number of ether oxygens (including phenoxy) is 1. The zero-order valence-electron chi connectivity index (χ0n) is 23.3. The predicted molar refractivity (Wildman–Crippen MR) is 160 cm³/mol. The van der Waals surface area contributed by atoms with Crippen LogP contribution in [0, 0.1) is 0 Å². The van der Waals surface area contributed by atoms with Crippen LogP contribution in [0.4, 0.5) is 0 Å². The van der Waals surface area contributed by atoms with Crippen LogP contribution >= 0.6 is 11.6 Å². The monoisotopic (exact) mass is 567 g/mol. The molecule has 4 aromatic rings. The number of amides is 1. The Hall–Kier alpha value is -3.90. The minimum atomic E-state index is -0.492. The van der Waals surface area contributed by atoms with E-state index in [9.17, 15) is 9.59 Å². The van der Waals surface area contributed by atoms with E-state index in [0.717, 1.165) is 36.8 Å². The molecule has 0 spiro atoms. The van der Waals surface area contributed by atoms with Crippen LogP contribution in [0.2, 0.25) is 5.02 Å². The van der Waals surface area contributed by atoms with Gasteiger partial charge >= 0.3 is 5.56 Å². The first-order chi connectivity index (χ1) is 19.9. The van der Waals surface area contributed by atoms with Crippen LogP contribution in [0.1, 0.15) is 71.7 Å². The maximum atomic E-state index is 14.2. The SMILES string of the molecule is CC(c1ccccc1)N1CCn2c(CC3(c4ccc(Cl)cc4)CCCC3)nc(=O)c(OCc3ccccc3)c2C1=O. The molecule has 210 valence electrons. The van der Waals surface area contributed by atoms with E-state index in [4.69, 9.17) is 16.3 Å². The Balaban J connectivity index is 1.42. The Morgan fingerprint density at radius 3 is 2.24 bits per heavy atom. The average Bonchev–Trinajstić information content (AvgIpc) is 3.48. The van der Waals surface area contributed by atoms with Crippen LogP contribution in [0.5, 0.6) is 5.75 Å². The van der Waals surface area contributed by atoms with E-state index < -0.39 is 5.56 Å². The van der Waals surface area contributed by atoms with Crippen molar-refractivity contribution in [2.75, 3.05) is 6.54 Å². The van der Waals surface area contributed by atoms with Gasteiger partial charge < -0.3 is 14.2 Å². The predicted octanol–water partition coefficient (Wildman–Crippen LogP) is 6.75. The lowest BCUT2D eigenvalue weighted by Crippen LogP contribution is -2.45. The highest BCUT2D eigenvalue weighted by Crippen LogP contribution is 2.44. The van der Waals surface area contributed by atoms with Crippen molar-refractivity contribution < 1.29 is 9.53 Å². The Morgan fingerprint density at radius 2 is 1.56 bits per heavy atom. The second kappa shape index (κ2) is 11.5. The highest BCUT2D eigenvalue weighted by atomic mass is 35.5. The van der Waals surface area contributed by atoms with Gasteiger partial charge in [-0.1, -0.05) is 97.2 Å². The normalized spacial score (nSPS) is 16.8. The summed E-state index contributed by atoms with van der Waals surface area (Å²) in [7, 11) is 0. The molecule has 7 heteroatoms. The molecule has 1 unspecified atom stereocenters. The lowest BCUT2D eigenvalue weighted by Gasteiger charge is -2.37. The number of aromatic nitrogens is 2. The van der Waals surface area contributed by atoms with Gasteiger partial charge in [-0.05, 0) is 48.6 Å². The number of carbonyl (C=O) groups is 1. The van der Waals surface area contributed by atoms with Crippen molar-refractivity contribution in [3.05, 3.63) is 129 Å². The Labute approximate surface area is 245 Å². The summed E-state index contributed by atoms with van der Waals surface area (Å²) in [5.74, 6) is 0.470. The zero-order valence-corrected chi connectivity index (χ0v) is 24.0. The molecule has 0 bridgehead atoms. The molecule has 0 N–H and O–H groups in total. The summed E-state index contributed by atoms with van der Waals surface area (Å²) in [5.41, 5.74) is 2.82. The van der Waals surface area contributed by atoms with Crippen LogP contribution in [-0.4, -0.2) is 26.9 Å². The van der Waals surface area contributed by atoms with E-state index in [-0.39, 0.29) is 29.7 Å². The number of carbonyl (C=O) groups excluding carboxylic acids is 1. The summed E-state index contributed by atoms with van der Waals surface area (Å²) < 4.78 is 8.07. The van der Waals surface area contributed by atoms with Crippen molar-refractivity contribution in [1.29, 1.82) is 0 Å². The molecule has 1 aliphatic heterocycles. The van der Waals surface area contributed by atoms with E-state index in [1.807, 2.05) is 89.2 Å². The van der Waals surface area contributed by atoms with E-state index in [1.165, 1.54) is 5.56 Å². The number of benzene rings is 3. The minimum Gasteiger partial charge on any atom is -0.481 e. The van der Waals surface area contributed by atoms with Crippen LogP contribution in [0.25, 0.3) is 0 Å². The van der Waals surface area contributed by atoms with Gasteiger partial charge in [0.05, 0.1) is 6.04 Å². The van der Waals surface area contributed by atoms with E-state index in [1.54, 1.807) is 0 Å². The van der Waals surface area contributed by atoms with Gasteiger partial charge in [0.1, 0.15) is 12.4 Å². The Morgan fingerprint density at radius 1 is 0.902 bits per heavy atom. The molecule has 41 heavy (non-hydrogen) atoms. The van der Waals surface area contributed by atoms with E-state index in [2.05, 4.69) is 17.1 Å². The highest BCUT2D eigenvalue weighted by molar-refractivity contribution is 6.30. The van der Waals surface area contributed by atoms with Gasteiger partial charge in [-0.15, -0.1) is 0 Å². The maximum absolute atomic E-state index is 14.2. The molecule has 6 nitrogen and oxygen atoms in total. The van der Waals surface area contributed by atoms with Crippen molar-refractivity contribution in [2.45, 2.75) is 63.6 Å². The summed E-state index contributed by atoms with van der Waals surface area (Å²) in [5, 5.41) is 0.701. The summed E-state index contributed by atoms with van der Waals surface area (Å²) in [6.07, 6.45) is 4.80. The third-order valence-electron chi connectivity index (χ3n) is 8.74. The smallest absolute Gasteiger partial charge is 0.316 e. The number of hydrogen-bond donors (Lipinski definition) is 0. The fourth-order valence-electron chi connectivity index (χ4n) is 6.48. The second-order valence-corrected chi connectivity index (χ2v) is 11.6. The van der Waals surface area contributed by atoms with Gasteiger partial charge in [0, 0.05) is 29.9 Å². The largest absolute Gasteiger partial charge is 0.481 e. The first-order valence-electron chi connectivity index (χ1n) is 14.4. The molecule has 6 rings (SSSR count). The fourth-order valence-corrected chi connectivity index (χ4v) is 6.61. The van der Waals surface area contributed by atoms with Gasteiger partial charge in [-0.2, -0.15) is 4.98 Å². The van der Waals surface area contributed by atoms with Crippen LogP contribution < -0.4 is 10.3 Å². The molecule has 2 heterocycles. The van der Waals surface area contributed by atoms with Crippen LogP contribution in [0.15, 0.2) is 89.7 Å². The lowest BCUT2D eigenvalue weighted by molar-refractivity contribution is 0.0616. The summed E-state index contributed by atoms with van der Waals surface area (Å²) in [6.45, 7) is 3.27. The molecule has 0 saturated heterocycles. The summed E-state index contributed by atoms with van der Waals surface area (Å²) in [4.78, 5) is 34.3. The van der Waals surface area contributed by atoms with Crippen molar-refractivity contribution in [3.63, 3.8) is 0 Å². The molecular weight excluding hydrogens is 534 g/mol. The summed E-state index contributed by atoms with van der Waals surface area (Å²) in [6, 6.07) is 27.5. The minimum absolute atomic E-state index is 0.0273. The maximum Gasteiger partial charge on any atom is 0.316 e. The molecule has 2 aliphatic rings. The van der Waals surface area contributed by atoms with Crippen molar-refractivity contribution in [1.82, 2.24) is 14.5 Å². The fraction of sp³-hybridized carbons (Fsp3) is 0.324. The number of fused-ring (bicyclic) bond motifs is 1. The third-order valence-corrected chi connectivity index (χ3v) is 8.99. The van der Waals surface area contributed by atoms with E-state index in [0.29, 0.717) is 36.1 Å². The molecule has 1 saturated carbocycles. The van der Waals surface area contributed by atoms with Crippen LogP contribution in [-0.2, 0) is 25.0 Å². The average molecular weight is 568 g/mol. The van der Waals surface area contributed by atoms with Crippen molar-refractivity contribution in [3.8, 4) is 5.75 Å². The van der Waals surface area contributed by atoms with Crippen molar-refractivity contribution >= 4 is 17.5 Å².